The molecular formula is C20H34F3IN6O2. The molecule has 3 N–H and O–H groups in total. The fourth-order valence-corrected chi connectivity index (χ4v) is 3.60. The van der Waals surface area contributed by atoms with Gasteiger partial charge in [-0.15, -0.1) is 24.0 Å². The number of nitrogens with zero attached hydrogens (tertiary/aromatic N) is 4. The largest absolute Gasteiger partial charge is 0.424 e. The van der Waals surface area contributed by atoms with E-state index in [2.05, 4.69) is 20.6 Å². The van der Waals surface area contributed by atoms with E-state index in [0.29, 0.717) is 25.6 Å². The number of aliphatic imine (C=N–C) groups is 1. The van der Waals surface area contributed by atoms with E-state index in [-0.39, 0.29) is 48.4 Å². The second-order valence-electron chi connectivity index (χ2n) is 8.13. The minimum atomic E-state index is -4.89. The SMILES string of the molecule is CCNC(=NCCC(O)(c1nccn1C)C(F)(F)F)NC1CCN(C(=O)C(C)C)CC1.I. The van der Waals surface area contributed by atoms with Gasteiger partial charge >= 0.3 is 6.18 Å². The van der Waals surface area contributed by atoms with Crippen LogP contribution in [0.25, 0.3) is 0 Å². The van der Waals surface area contributed by atoms with Crippen molar-refractivity contribution in [2.24, 2.45) is 18.0 Å². The molecule has 1 saturated heterocycles. The third kappa shape index (κ3) is 6.96. The summed E-state index contributed by atoms with van der Waals surface area (Å²) in [5.41, 5.74) is -3.09. The molecule has 0 bridgehead atoms. The monoisotopic (exact) mass is 574 g/mol. The van der Waals surface area contributed by atoms with Crippen LogP contribution in [0.3, 0.4) is 0 Å². The number of guanidine groups is 1. The average molecular weight is 574 g/mol. The molecule has 1 unspecified atom stereocenters. The highest BCUT2D eigenvalue weighted by molar-refractivity contribution is 14.0. The van der Waals surface area contributed by atoms with E-state index < -0.39 is 24.0 Å². The minimum Gasteiger partial charge on any atom is -0.374 e. The summed E-state index contributed by atoms with van der Waals surface area (Å²) >= 11 is 0. The Hall–Kier alpha value is -1.57. The lowest BCUT2D eigenvalue weighted by molar-refractivity contribution is -0.272. The van der Waals surface area contributed by atoms with Crippen molar-refractivity contribution in [2.45, 2.75) is 57.9 Å². The number of hydrogen-bond acceptors (Lipinski definition) is 4. The fraction of sp³-hybridized carbons (Fsp3) is 0.750. The Morgan fingerprint density at radius 2 is 1.97 bits per heavy atom. The van der Waals surface area contributed by atoms with Gasteiger partial charge in [0.1, 0.15) is 5.82 Å². The maximum atomic E-state index is 13.6. The summed E-state index contributed by atoms with van der Waals surface area (Å²) in [6, 6.07) is 0.0602. The molecule has 2 heterocycles. The first kappa shape index (κ1) is 28.5. The topological polar surface area (TPSA) is 94.8 Å². The number of aromatic nitrogens is 2. The number of carbonyl (C=O) groups excluding carboxylic acids is 1. The number of rotatable bonds is 7. The summed E-state index contributed by atoms with van der Waals surface area (Å²) < 4.78 is 42.1. The number of halogens is 4. The van der Waals surface area contributed by atoms with Crippen LogP contribution < -0.4 is 10.6 Å². The lowest BCUT2D eigenvalue weighted by Gasteiger charge is -2.34. The molecule has 2 rings (SSSR count). The molecule has 1 aliphatic heterocycles. The molecule has 32 heavy (non-hydrogen) atoms. The summed E-state index contributed by atoms with van der Waals surface area (Å²) in [6.45, 7) is 7.15. The quantitative estimate of drug-likeness (QED) is 0.264. The minimum absolute atomic E-state index is 0. The molecule has 12 heteroatoms. The first-order valence-corrected chi connectivity index (χ1v) is 10.6. The number of amides is 1. The zero-order valence-electron chi connectivity index (χ0n) is 18.9. The van der Waals surface area contributed by atoms with E-state index in [1.807, 2.05) is 25.7 Å². The van der Waals surface area contributed by atoms with Crippen molar-refractivity contribution in [3.05, 3.63) is 18.2 Å². The van der Waals surface area contributed by atoms with Crippen LogP contribution in [0.15, 0.2) is 17.4 Å². The molecule has 1 amide bonds. The van der Waals surface area contributed by atoms with Gasteiger partial charge in [-0.2, -0.15) is 13.2 Å². The highest BCUT2D eigenvalue weighted by Gasteiger charge is 2.57. The van der Waals surface area contributed by atoms with Crippen LogP contribution in [-0.2, 0) is 17.4 Å². The number of hydrogen-bond donors (Lipinski definition) is 3. The summed E-state index contributed by atoms with van der Waals surface area (Å²) in [5, 5.41) is 16.7. The predicted octanol–water partition coefficient (Wildman–Crippen LogP) is 2.38. The van der Waals surface area contributed by atoms with E-state index >= 15 is 0 Å². The fourth-order valence-electron chi connectivity index (χ4n) is 3.60. The highest BCUT2D eigenvalue weighted by atomic mass is 127. The summed E-state index contributed by atoms with van der Waals surface area (Å²) in [6.07, 6.45) is -1.51. The third-order valence-electron chi connectivity index (χ3n) is 5.39. The first-order chi connectivity index (χ1) is 14.5. The van der Waals surface area contributed by atoms with Crippen molar-refractivity contribution >= 4 is 35.8 Å². The van der Waals surface area contributed by atoms with E-state index in [0.717, 1.165) is 17.4 Å². The smallest absolute Gasteiger partial charge is 0.374 e. The zero-order valence-corrected chi connectivity index (χ0v) is 21.3. The lowest BCUT2D eigenvalue weighted by Crippen LogP contribution is -2.50. The van der Waals surface area contributed by atoms with Gasteiger partial charge in [-0.25, -0.2) is 4.98 Å². The molecule has 0 spiro atoms. The zero-order chi connectivity index (χ0) is 23.2. The first-order valence-electron chi connectivity index (χ1n) is 10.6. The molecule has 1 aliphatic rings. The summed E-state index contributed by atoms with van der Waals surface area (Å²) in [5.74, 6) is 0.00471. The standard InChI is InChI=1S/C20H33F3N6O2.HI/c1-5-24-18(27-15-6-11-29(12-7-15)16(30)14(2)3)26-9-8-19(31,20(21,22)23)17-25-10-13-28(17)4;/h10,13-15,31H,5-9,11-12H2,1-4H3,(H2,24,26,27);1H. The second-order valence-corrected chi connectivity index (χ2v) is 8.13. The van der Waals surface area contributed by atoms with Crippen LogP contribution in [0.2, 0.25) is 0 Å². The number of nitrogens with one attached hydrogen (secondary N) is 2. The van der Waals surface area contributed by atoms with Crippen LogP contribution in [0, 0.1) is 5.92 Å². The number of carbonyl (C=O) groups is 1. The maximum absolute atomic E-state index is 13.6. The molecule has 1 aromatic rings. The van der Waals surface area contributed by atoms with Gasteiger partial charge in [-0.05, 0) is 19.8 Å². The Kier molecular flexibility index (Phi) is 10.7. The Bertz CT molecular complexity index is 763. The average Bonchev–Trinajstić information content (AvgIpc) is 3.13. The van der Waals surface area contributed by atoms with Crippen LogP contribution >= 0.6 is 24.0 Å². The van der Waals surface area contributed by atoms with Gasteiger partial charge in [0.05, 0.1) is 0 Å². The number of imidazole rings is 1. The number of alkyl halides is 3. The molecule has 184 valence electrons. The number of likely N-dealkylation sites (tertiary alicyclic amines) is 1. The van der Waals surface area contributed by atoms with Crippen molar-refractivity contribution in [1.82, 2.24) is 25.1 Å². The van der Waals surface area contributed by atoms with Gasteiger partial charge in [-0.3, -0.25) is 9.79 Å². The van der Waals surface area contributed by atoms with Crippen molar-refractivity contribution in [1.29, 1.82) is 0 Å². The van der Waals surface area contributed by atoms with Crippen molar-refractivity contribution in [3.8, 4) is 0 Å². The van der Waals surface area contributed by atoms with E-state index in [4.69, 9.17) is 0 Å². The van der Waals surface area contributed by atoms with E-state index in [1.54, 1.807) is 0 Å². The predicted molar refractivity (Wildman–Crippen MR) is 127 cm³/mol. The number of aliphatic hydroxyl groups is 1. The number of aryl methyl sites for hydroxylation is 1. The molecule has 8 nitrogen and oxygen atoms in total. The number of piperidine rings is 1. The molecule has 0 aliphatic carbocycles. The summed E-state index contributed by atoms with van der Waals surface area (Å²) in [4.78, 5) is 21.9. The molecule has 1 fully saturated rings. The van der Waals surface area contributed by atoms with E-state index in [9.17, 15) is 23.1 Å². The molecule has 1 atom stereocenters. The van der Waals surface area contributed by atoms with Gasteiger partial charge in [0.15, 0.2) is 5.96 Å². The van der Waals surface area contributed by atoms with Crippen LogP contribution in [0.5, 0.6) is 0 Å². The normalized spacial score (nSPS) is 17.7. The Labute approximate surface area is 204 Å². The van der Waals surface area contributed by atoms with Gasteiger partial charge in [0, 0.05) is 64.0 Å². The van der Waals surface area contributed by atoms with Crippen LogP contribution in [0.4, 0.5) is 13.2 Å². The van der Waals surface area contributed by atoms with Gasteiger partial charge in [0.2, 0.25) is 11.5 Å². The van der Waals surface area contributed by atoms with Crippen molar-refractivity contribution in [3.63, 3.8) is 0 Å². The van der Waals surface area contributed by atoms with Gasteiger partial charge in [0.25, 0.3) is 0 Å². The lowest BCUT2D eigenvalue weighted by atomic mass is 9.98. The second kappa shape index (κ2) is 12.1. The molecule has 0 aromatic carbocycles. The van der Waals surface area contributed by atoms with Crippen molar-refractivity contribution in [2.75, 3.05) is 26.2 Å². The maximum Gasteiger partial charge on any atom is 0.424 e. The molecule has 0 saturated carbocycles. The van der Waals surface area contributed by atoms with Crippen molar-refractivity contribution < 1.29 is 23.1 Å². The van der Waals surface area contributed by atoms with Gasteiger partial charge < -0.3 is 25.2 Å². The van der Waals surface area contributed by atoms with Gasteiger partial charge in [-0.1, -0.05) is 13.8 Å². The summed E-state index contributed by atoms with van der Waals surface area (Å²) in [7, 11) is 1.41. The Balaban J connectivity index is 0.00000512. The third-order valence-corrected chi connectivity index (χ3v) is 5.39. The molecule has 1 aromatic heterocycles. The van der Waals surface area contributed by atoms with Crippen LogP contribution in [-0.4, -0.2) is 69.8 Å². The van der Waals surface area contributed by atoms with Crippen LogP contribution in [0.1, 0.15) is 45.9 Å². The highest BCUT2D eigenvalue weighted by Crippen LogP contribution is 2.40. The Morgan fingerprint density at radius 3 is 2.44 bits per heavy atom. The van der Waals surface area contributed by atoms with E-state index in [1.165, 1.54) is 19.4 Å². The molecular weight excluding hydrogens is 540 g/mol. The Morgan fingerprint density at radius 1 is 1.34 bits per heavy atom. The molecule has 0 radical (unpaired) electrons.